The van der Waals surface area contributed by atoms with Gasteiger partial charge >= 0.3 is 5.97 Å². The lowest BCUT2D eigenvalue weighted by atomic mass is 10.5. The topological polar surface area (TPSA) is 87.0 Å². The van der Waals surface area contributed by atoms with E-state index in [9.17, 15) is 4.79 Å². The molecule has 0 aliphatic heterocycles. The second-order valence-corrected chi connectivity index (χ2v) is 8.10. The Morgan fingerprint density at radius 1 is 1.20 bits per heavy atom. The van der Waals surface area contributed by atoms with Crippen LogP contribution in [-0.2, 0) is 9.53 Å². The van der Waals surface area contributed by atoms with Gasteiger partial charge in [0.1, 0.15) is 8.07 Å². The lowest BCUT2D eigenvalue weighted by Crippen LogP contribution is -2.48. The third kappa shape index (κ3) is 5.27. The summed E-state index contributed by atoms with van der Waals surface area (Å²) >= 11 is 0. The number of aliphatic hydroxyl groups excluding tert-OH is 3. The second kappa shape index (κ2) is 7.81. The van der Waals surface area contributed by atoms with E-state index in [4.69, 9.17) is 20.1 Å². The van der Waals surface area contributed by atoms with Crippen molar-refractivity contribution in [2.24, 2.45) is 0 Å². The van der Waals surface area contributed by atoms with E-state index in [1.807, 2.05) is 0 Å². The van der Waals surface area contributed by atoms with E-state index in [1.54, 1.807) is 6.92 Å². The van der Waals surface area contributed by atoms with Gasteiger partial charge in [-0.3, -0.25) is 4.79 Å². The fourth-order valence-electron chi connectivity index (χ4n) is 1.12. The van der Waals surface area contributed by atoms with Crippen molar-refractivity contribution < 1.29 is 24.9 Å². The summed E-state index contributed by atoms with van der Waals surface area (Å²) in [6.45, 7) is 2.01. The zero-order valence-electron chi connectivity index (χ0n) is 9.11. The Hall–Kier alpha value is -0.433. The van der Waals surface area contributed by atoms with Crippen LogP contribution in [0.5, 0.6) is 0 Å². The normalized spacial score (nSPS) is 11.5. The Labute approximate surface area is 90.7 Å². The minimum atomic E-state index is -2.32. The van der Waals surface area contributed by atoms with Gasteiger partial charge in [-0.2, -0.15) is 0 Å². The van der Waals surface area contributed by atoms with E-state index < -0.39 is 8.07 Å². The van der Waals surface area contributed by atoms with Gasteiger partial charge in [-0.25, -0.2) is 0 Å². The first-order valence-electron chi connectivity index (χ1n) is 5.12. The van der Waals surface area contributed by atoms with Crippen LogP contribution in [0.3, 0.4) is 0 Å². The average Bonchev–Trinajstić information content (AvgIpc) is 2.30. The number of hydrogen-bond donors (Lipinski definition) is 3. The van der Waals surface area contributed by atoms with E-state index >= 15 is 0 Å². The number of esters is 1. The Kier molecular flexibility index (Phi) is 7.58. The van der Waals surface area contributed by atoms with Gasteiger partial charge in [0.15, 0.2) is 0 Å². The van der Waals surface area contributed by atoms with Gasteiger partial charge in [-0.05, 0) is 12.5 Å². The van der Waals surface area contributed by atoms with Crippen molar-refractivity contribution in [2.75, 3.05) is 25.3 Å². The molecule has 6 heteroatoms. The molecule has 0 saturated heterocycles. The Morgan fingerprint density at radius 2 is 1.73 bits per heavy atom. The van der Waals surface area contributed by atoms with Gasteiger partial charge in [-0.15, -0.1) is 0 Å². The molecule has 0 heterocycles. The van der Waals surface area contributed by atoms with E-state index in [1.165, 1.54) is 0 Å². The largest absolute Gasteiger partial charge is 0.466 e. The van der Waals surface area contributed by atoms with Gasteiger partial charge < -0.3 is 20.1 Å². The minimum absolute atomic E-state index is 0.137. The van der Waals surface area contributed by atoms with Crippen molar-refractivity contribution in [1.29, 1.82) is 0 Å². The number of carbonyl (C=O) groups is 1. The molecule has 0 unspecified atom stereocenters. The van der Waals surface area contributed by atoms with Gasteiger partial charge in [0.05, 0.1) is 6.61 Å². The summed E-state index contributed by atoms with van der Waals surface area (Å²) in [5, 5.41) is 27.2. The zero-order valence-corrected chi connectivity index (χ0v) is 10.1. The minimum Gasteiger partial charge on any atom is -0.466 e. The Balaban J connectivity index is 3.76. The standard InChI is InChI=1S/C9H20O5Si/c1-2-9(13)14-4-3-5-15(6-10,7-11)8-12/h10-12H,2-8H2,1H3. The van der Waals surface area contributed by atoms with Crippen LogP contribution in [0.2, 0.25) is 6.04 Å². The fourth-order valence-corrected chi connectivity index (χ4v) is 2.79. The van der Waals surface area contributed by atoms with E-state index in [0.29, 0.717) is 25.5 Å². The van der Waals surface area contributed by atoms with E-state index in [0.717, 1.165) is 0 Å². The lowest BCUT2D eigenvalue weighted by molar-refractivity contribution is -0.143. The fraction of sp³-hybridized carbons (Fsp3) is 0.889. The van der Waals surface area contributed by atoms with Gasteiger partial charge in [0, 0.05) is 25.1 Å². The highest BCUT2D eigenvalue weighted by atomic mass is 28.3. The lowest BCUT2D eigenvalue weighted by Gasteiger charge is -2.24. The third-order valence-electron chi connectivity index (χ3n) is 2.41. The maximum absolute atomic E-state index is 10.8. The molecule has 0 aliphatic rings. The second-order valence-electron chi connectivity index (χ2n) is 3.65. The van der Waals surface area contributed by atoms with Gasteiger partial charge in [0.2, 0.25) is 0 Å². The molecule has 0 aliphatic carbocycles. The van der Waals surface area contributed by atoms with Gasteiger partial charge in [-0.1, -0.05) is 6.92 Å². The summed E-state index contributed by atoms with van der Waals surface area (Å²) in [6.07, 6.45) is 0.521. The maximum Gasteiger partial charge on any atom is 0.305 e. The van der Waals surface area contributed by atoms with Gasteiger partial charge in [0.25, 0.3) is 0 Å². The number of carbonyl (C=O) groups excluding carboxylic acids is 1. The summed E-state index contributed by atoms with van der Waals surface area (Å²) in [5.74, 6) is -0.251. The molecular weight excluding hydrogens is 216 g/mol. The molecule has 3 N–H and O–H groups in total. The molecular formula is C9H20O5Si. The molecule has 15 heavy (non-hydrogen) atoms. The van der Waals surface area contributed by atoms with Crippen molar-refractivity contribution in [2.45, 2.75) is 25.8 Å². The van der Waals surface area contributed by atoms with Crippen molar-refractivity contribution >= 4 is 14.0 Å². The van der Waals surface area contributed by atoms with Crippen molar-refractivity contribution in [3.63, 3.8) is 0 Å². The van der Waals surface area contributed by atoms with Crippen LogP contribution in [0.25, 0.3) is 0 Å². The van der Waals surface area contributed by atoms with Crippen LogP contribution in [-0.4, -0.2) is 54.7 Å². The van der Waals surface area contributed by atoms with Crippen LogP contribution in [0, 0.1) is 0 Å². The molecule has 0 atom stereocenters. The summed E-state index contributed by atoms with van der Waals surface area (Å²) in [5.41, 5.74) is 0. The summed E-state index contributed by atoms with van der Waals surface area (Å²) in [4.78, 5) is 10.8. The first-order valence-corrected chi connectivity index (χ1v) is 7.95. The van der Waals surface area contributed by atoms with Crippen molar-refractivity contribution in [1.82, 2.24) is 0 Å². The van der Waals surface area contributed by atoms with E-state index in [-0.39, 0.29) is 24.7 Å². The number of rotatable bonds is 8. The molecule has 0 aromatic heterocycles. The monoisotopic (exact) mass is 236 g/mol. The quantitative estimate of drug-likeness (QED) is 0.297. The van der Waals surface area contributed by atoms with Crippen molar-refractivity contribution in [3.8, 4) is 0 Å². The average molecular weight is 236 g/mol. The molecule has 0 spiro atoms. The molecule has 0 radical (unpaired) electrons. The van der Waals surface area contributed by atoms with Crippen molar-refractivity contribution in [3.05, 3.63) is 0 Å². The predicted octanol–water partition coefficient (Wildman–Crippen LogP) is -0.627. The van der Waals surface area contributed by atoms with Crippen LogP contribution in [0.4, 0.5) is 0 Å². The highest BCUT2D eigenvalue weighted by Crippen LogP contribution is 2.10. The summed E-state index contributed by atoms with van der Waals surface area (Å²) < 4.78 is 4.86. The number of aliphatic hydroxyl groups is 3. The maximum atomic E-state index is 10.8. The van der Waals surface area contributed by atoms with Crippen LogP contribution in [0.15, 0.2) is 0 Å². The molecule has 0 fully saturated rings. The Bertz CT molecular complexity index is 173. The van der Waals surface area contributed by atoms with E-state index in [2.05, 4.69) is 0 Å². The zero-order chi connectivity index (χ0) is 11.7. The number of hydrogen-bond acceptors (Lipinski definition) is 5. The first-order chi connectivity index (χ1) is 7.14. The molecule has 0 rings (SSSR count). The molecule has 0 aromatic carbocycles. The molecule has 90 valence electrons. The van der Waals surface area contributed by atoms with Crippen LogP contribution in [0.1, 0.15) is 19.8 Å². The molecule has 0 saturated carbocycles. The third-order valence-corrected chi connectivity index (χ3v) is 5.84. The Morgan fingerprint density at radius 3 is 2.13 bits per heavy atom. The highest BCUT2D eigenvalue weighted by molar-refractivity contribution is 6.79. The predicted molar refractivity (Wildman–Crippen MR) is 57.7 cm³/mol. The smallest absolute Gasteiger partial charge is 0.305 e. The molecule has 0 amide bonds. The first kappa shape index (κ1) is 14.6. The molecule has 5 nitrogen and oxygen atoms in total. The number of ether oxygens (including phenoxy) is 1. The van der Waals surface area contributed by atoms with Crippen LogP contribution < -0.4 is 0 Å². The molecule has 0 aromatic rings. The summed E-state index contributed by atoms with van der Waals surface area (Å²) in [6, 6.07) is 0.563. The molecule has 0 bridgehead atoms. The SMILES string of the molecule is CCC(=O)OCCC[Si](CO)(CO)CO. The highest BCUT2D eigenvalue weighted by Gasteiger charge is 2.30. The van der Waals surface area contributed by atoms with Crippen LogP contribution >= 0.6 is 0 Å². The summed E-state index contributed by atoms with van der Waals surface area (Å²) in [7, 11) is -2.32.